The Hall–Kier alpha value is -0.260. The number of hydrogen-bond donors (Lipinski definition) is 3. The van der Waals surface area contributed by atoms with Crippen molar-refractivity contribution in [2.75, 3.05) is 19.6 Å². The van der Waals surface area contributed by atoms with Gasteiger partial charge in [0.05, 0.1) is 0 Å². The van der Waals surface area contributed by atoms with E-state index in [1.165, 1.54) is 0 Å². The second-order valence-corrected chi connectivity index (χ2v) is 3.00. The predicted octanol–water partition coefficient (Wildman–Crippen LogP) is -0.436. The number of halogens is 2. The van der Waals surface area contributed by atoms with Gasteiger partial charge in [-0.3, -0.25) is 0 Å². The summed E-state index contributed by atoms with van der Waals surface area (Å²) in [4.78, 5) is 0. The zero-order valence-corrected chi connectivity index (χ0v) is 6.76. The van der Waals surface area contributed by atoms with Crippen LogP contribution in [0.1, 0.15) is 6.42 Å². The average molecular weight is 180 g/mol. The molecule has 0 radical (unpaired) electrons. The van der Waals surface area contributed by atoms with Gasteiger partial charge in [0.2, 0.25) is 0 Å². The SMILES string of the molecule is OC(CNC1CCNC1)C(F)F. The summed E-state index contributed by atoms with van der Waals surface area (Å²) in [5, 5.41) is 14.7. The van der Waals surface area contributed by atoms with E-state index in [-0.39, 0.29) is 12.6 Å². The van der Waals surface area contributed by atoms with Gasteiger partial charge in [0.1, 0.15) is 6.10 Å². The molecule has 12 heavy (non-hydrogen) atoms. The van der Waals surface area contributed by atoms with Crippen molar-refractivity contribution in [3.8, 4) is 0 Å². The zero-order valence-electron chi connectivity index (χ0n) is 6.76. The van der Waals surface area contributed by atoms with Crippen molar-refractivity contribution in [3.05, 3.63) is 0 Å². The van der Waals surface area contributed by atoms with Gasteiger partial charge < -0.3 is 15.7 Å². The molecule has 1 heterocycles. The maximum absolute atomic E-state index is 11.8. The highest BCUT2D eigenvalue weighted by Gasteiger charge is 2.19. The smallest absolute Gasteiger partial charge is 0.265 e. The van der Waals surface area contributed by atoms with Gasteiger partial charge in [-0.15, -0.1) is 0 Å². The van der Waals surface area contributed by atoms with E-state index in [4.69, 9.17) is 5.11 Å². The summed E-state index contributed by atoms with van der Waals surface area (Å²) in [5.41, 5.74) is 0. The van der Waals surface area contributed by atoms with Crippen molar-refractivity contribution >= 4 is 0 Å². The Morgan fingerprint density at radius 3 is 2.83 bits per heavy atom. The minimum atomic E-state index is -2.65. The van der Waals surface area contributed by atoms with E-state index in [0.717, 1.165) is 19.5 Å². The van der Waals surface area contributed by atoms with Crippen LogP contribution in [-0.2, 0) is 0 Å². The third kappa shape index (κ3) is 3.00. The molecular weight excluding hydrogens is 166 g/mol. The molecule has 1 aliphatic heterocycles. The van der Waals surface area contributed by atoms with Crippen molar-refractivity contribution in [1.82, 2.24) is 10.6 Å². The Balaban J connectivity index is 2.07. The Labute approximate surface area is 70.1 Å². The molecule has 0 aromatic carbocycles. The van der Waals surface area contributed by atoms with Crippen molar-refractivity contribution < 1.29 is 13.9 Å². The van der Waals surface area contributed by atoms with Gasteiger partial charge in [-0.05, 0) is 13.0 Å². The molecule has 1 aliphatic rings. The van der Waals surface area contributed by atoms with Crippen LogP contribution in [0.2, 0.25) is 0 Å². The summed E-state index contributed by atoms with van der Waals surface area (Å²) in [6.45, 7) is 1.70. The number of nitrogens with one attached hydrogen (secondary N) is 2. The molecule has 2 unspecified atom stereocenters. The van der Waals surface area contributed by atoms with E-state index in [1.54, 1.807) is 0 Å². The number of alkyl halides is 2. The summed E-state index contributed by atoms with van der Waals surface area (Å²) in [5.74, 6) is 0. The first-order chi connectivity index (χ1) is 5.70. The number of aliphatic hydroxyl groups is 1. The van der Waals surface area contributed by atoms with Crippen LogP contribution in [0.5, 0.6) is 0 Å². The van der Waals surface area contributed by atoms with Gasteiger partial charge >= 0.3 is 0 Å². The van der Waals surface area contributed by atoms with Crippen molar-refractivity contribution in [3.63, 3.8) is 0 Å². The van der Waals surface area contributed by atoms with Gasteiger partial charge in [-0.1, -0.05) is 0 Å². The highest BCUT2D eigenvalue weighted by atomic mass is 19.3. The van der Waals surface area contributed by atoms with Crippen LogP contribution in [-0.4, -0.2) is 43.3 Å². The van der Waals surface area contributed by atoms with Crippen molar-refractivity contribution in [1.29, 1.82) is 0 Å². The van der Waals surface area contributed by atoms with Crippen LogP contribution in [0.4, 0.5) is 8.78 Å². The van der Waals surface area contributed by atoms with Crippen molar-refractivity contribution in [2.24, 2.45) is 0 Å². The highest BCUT2D eigenvalue weighted by molar-refractivity contribution is 4.78. The fourth-order valence-corrected chi connectivity index (χ4v) is 1.21. The quantitative estimate of drug-likeness (QED) is 0.549. The molecule has 3 nitrogen and oxygen atoms in total. The second-order valence-electron chi connectivity index (χ2n) is 3.00. The van der Waals surface area contributed by atoms with Crippen LogP contribution in [0.15, 0.2) is 0 Å². The molecule has 0 bridgehead atoms. The normalized spacial score (nSPS) is 26.5. The molecule has 0 aliphatic carbocycles. The highest BCUT2D eigenvalue weighted by Crippen LogP contribution is 2.01. The molecule has 1 fully saturated rings. The number of aliphatic hydroxyl groups excluding tert-OH is 1. The van der Waals surface area contributed by atoms with Gasteiger partial charge in [-0.2, -0.15) is 0 Å². The first-order valence-corrected chi connectivity index (χ1v) is 4.10. The van der Waals surface area contributed by atoms with E-state index in [1.807, 2.05) is 0 Å². The largest absolute Gasteiger partial charge is 0.386 e. The third-order valence-corrected chi connectivity index (χ3v) is 1.97. The van der Waals surface area contributed by atoms with Crippen LogP contribution >= 0.6 is 0 Å². The Kier molecular flexibility index (Phi) is 3.84. The van der Waals surface area contributed by atoms with Gasteiger partial charge in [0.25, 0.3) is 6.43 Å². The minimum absolute atomic E-state index is 0.0238. The maximum Gasteiger partial charge on any atom is 0.265 e. The Morgan fingerprint density at radius 1 is 1.58 bits per heavy atom. The molecule has 1 saturated heterocycles. The molecule has 72 valence electrons. The molecule has 0 aromatic heterocycles. The lowest BCUT2D eigenvalue weighted by molar-refractivity contribution is -0.00432. The monoisotopic (exact) mass is 180 g/mol. The van der Waals surface area contributed by atoms with E-state index in [0.29, 0.717) is 0 Å². The molecule has 0 saturated carbocycles. The van der Waals surface area contributed by atoms with Crippen LogP contribution < -0.4 is 10.6 Å². The van der Waals surface area contributed by atoms with Crippen LogP contribution in [0.3, 0.4) is 0 Å². The lowest BCUT2D eigenvalue weighted by atomic mass is 10.2. The standard InChI is InChI=1S/C7H14F2N2O/c8-7(9)6(12)4-11-5-1-2-10-3-5/h5-7,10-12H,1-4H2. The Morgan fingerprint density at radius 2 is 2.33 bits per heavy atom. The van der Waals surface area contributed by atoms with E-state index in [2.05, 4.69) is 10.6 Å². The molecule has 3 N–H and O–H groups in total. The average Bonchev–Trinajstić information content (AvgIpc) is 2.51. The molecular formula is C7H14F2N2O. The van der Waals surface area contributed by atoms with Crippen LogP contribution in [0.25, 0.3) is 0 Å². The van der Waals surface area contributed by atoms with Gasteiger partial charge in [0, 0.05) is 19.1 Å². The topological polar surface area (TPSA) is 44.3 Å². The zero-order chi connectivity index (χ0) is 8.97. The molecule has 0 amide bonds. The van der Waals surface area contributed by atoms with E-state index in [9.17, 15) is 8.78 Å². The first-order valence-electron chi connectivity index (χ1n) is 4.10. The maximum atomic E-state index is 11.8. The molecule has 0 aromatic rings. The lowest BCUT2D eigenvalue weighted by Gasteiger charge is -2.14. The number of hydrogen-bond acceptors (Lipinski definition) is 3. The first kappa shape index (κ1) is 9.83. The summed E-state index contributed by atoms with van der Waals surface area (Å²) in [6, 6.07) is 0.235. The summed E-state index contributed by atoms with van der Waals surface area (Å²) >= 11 is 0. The minimum Gasteiger partial charge on any atom is -0.386 e. The molecule has 1 rings (SSSR count). The van der Waals surface area contributed by atoms with Gasteiger partial charge in [0.15, 0.2) is 0 Å². The Bertz CT molecular complexity index is 127. The fraction of sp³-hybridized carbons (Fsp3) is 1.00. The summed E-state index contributed by atoms with van der Waals surface area (Å²) in [6.07, 6.45) is -3.24. The summed E-state index contributed by atoms with van der Waals surface area (Å²) in [7, 11) is 0. The third-order valence-electron chi connectivity index (χ3n) is 1.97. The summed E-state index contributed by atoms with van der Waals surface area (Å²) < 4.78 is 23.6. The molecule has 0 spiro atoms. The number of rotatable bonds is 4. The lowest BCUT2D eigenvalue weighted by Crippen LogP contribution is -2.39. The molecule has 5 heteroatoms. The van der Waals surface area contributed by atoms with Crippen LogP contribution in [0, 0.1) is 0 Å². The predicted molar refractivity (Wildman–Crippen MR) is 41.3 cm³/mol. The van der Waals surface area contributed by atoms with E-state index < -0.39 is 12.5 Å². The fourth-order valence-electron chi connectivity index (χ4n) is 1.21. The van der Waals surface area contributed by atoms with Gasteiger partial charge in [-0.25, -0.2) is 8.78 Å². The second kappa shape index (κ2) is 4.69. The van der Waals surface area contributed by atoms with E-state index >= 15 is 0 Å². The molecule has 2 atom stereocenters. The van der Waals surface area contributed by atoms with Crippen molar-refractivity contribution in [2.45, 2.75) is 25.0 Å².